The summed E-state index contributed by atoms with van der Waals surface area (Å²) in [7, 11) is 0. The molecule has 1 atom stereocenters. The molecule has 3 aromatic rings. The van der Waals surface area contributed by atoms with Crippen LogP contribution in [-0.4, -0.2) is 33.8 Å². The van der Waals surface area contributed by atoms with Crippen LogP contribution in [0.25, 0.3) is 10.9 Å². The Balaban J connectivity index is 1.56. The van der Waals surface area contributed by atoms with Crippen molar-refractivity contribution in [2.24, 2.45) is 0 Å². The van der Waals surface area contributed by atoms with Crippen molar-refractivity contribution < 1.29 is 4.79 Å². The van der Waals surface area contributed by atoms with Crippen molar-refractivity contribution in [3.8, 4) is 0 Å². The molecule has 25 heavy (non-hydrogen) atoms. The number of nitrogens with zero attached hydrogens (tertiary/aromatic N) is 3. The van der Waals surface area contributed by atoms with E-state index in [1.807, 2.05) is 48.1 Å². The van der Waals surface area contributed by atoms with Crippen molar-refractivity contribution in [2.45, 2.75) is 25.8 Å². The average Bonchev–Trinajstić information content (AvgIpc) is 3.13. The fourth-order valence-electron chi connectivity index (χ4n) is 3.25. The number of anilines is 1. The van der Waals surface area contributed by atoms with Gasteiger partial charge in [-0.15, -0.1) is 0 Å². The molecule has 1 unspecified atom stereocenters. The summed E-state index contributed by atoms with van der Waals surface area (Å²) in [6, 6.07) is 11.8. The zero-order valence-corrected chi connectivity index (χ0v) is 14.2. The van der Waals surface area contributed by atoms with Crippen LogP contribution in [0.15, 0.2) is 42.6 Å². The molecule has 1 aliphatic heterocycles. The van der Waals surface area contributed by atoms with Crippen molar-refractivity contribution in [3.05, 3.63) is 54.0 Å². The Labute approximate surface area is 146 Å². The Bertz CT molecular complexity index is 911. The number of aryl methyl sites for hydroxylation is 1. The second-order valence-corrected chi connectivity index (χ2v) is 6.47. The fraction of sp³-hybridized carbons (Fsp3) is 0.316. The molecular formula is C19H21N5O. The molecule has 2 aromatic heterocycles. The third-order valence-electron chi connectivity index (χ3n) is 4.59. The van der Waals surface area contributed by atoms with E-state index in [0.717, 1.165) is 42.5 Å². The highest BCUT2D eigenvalue weighted by molar-refractivity contribution is 6.07. The smallest absolute Gasteiger partial charge is 0.276 e. The maximum atomic E-state index is 12.6. The van der Waals surface area contributed by atoms with Gasteiger partial charge in [-0.25, -0.2) is 0 Å². The number of carbonyl (C=O) groups excluding carboxylic acids is 1. The monoisotopic (exact) mass is 335 g/mol. The molecule has 3 heterocycles. The lowest BCUT2D eigenvalue weighted by Crippen LogP contribution is -2.32. The lowest BCUT2D eigenvalue weighted by atomic mass is 10.1. The summed E-state index contributed by atoms with van der Waals surface area (Å²) in [4.78, 5) is 17.2. The number of benzene rings is 1. The topological polar surface area (TPSA) is 71.8 Å². The second-order valence-electron chi connectivity index (χ2n) is 6.47. The van der Waals surface area contributed by atoms with Gasteiger partial charge in [0.25, 0.3) is 5.91 Å². The normalized spacial score (nSPS) is 17.6. The molecular weight excluding hydrogens is 314 g/mol. The van der Waals surface area contributed by atoms with E-state index in [1.54, 1.807) is 6.07 Å². The Kier molecular flexibility index (Phi) is 4.19. The summed E-state index contributed by atoms with van der Waals surface area (Å²) in [5.41, 5.74) is 2.85. The molecule has 1 saturated heterocycles. The number of piperidine rings is 1. The van der Waals surface area contributed by atoms with E-state index >= 15 is 0 Å². The molecule has 0 saturated carbocycles. The van der Waals surface area contributed by atoms with E-state index in [0.29, 0.717) is 17.4 Å². The van der Waals surface area contributed by atoms with Gasteiger partial charge in [-0.1, -0.05) is 18.2 Å². The number of carbonyl (C=O) groups is 1. The van der Waals surface area contributed by atoms with E-state index in [-0.39, 0.29) is 5.91 Å². The Hall–Kier alpha value is -2.73. The van der Waals surface area contributed by atoms with Gasteiger partial charge in [-0.3, -0.25) is 14.5 Å². The zero-order valence-electron chi connectivity index (χ0n) is 14.2. The SMILES string of the molecule is Cc1ccc2cccc(NC(=O)c3ccn(C4CCCNC4)n3)c2n1. The van der Waals surface area contributed by atoms with Gasteiger partial charge in [0.2, 0.25) is 0 Å². The van der Waals surface area contributed by atoms with E-state index in [4.69, 9.17) is 0 Å². The summed E-state index contributed by atoms with van der Waals surface area (Å²) >= 11 is 0. The van der Waals surface area contributed by atoms with Crippen LogP contribution in [-0.2, 0) is 0 Å². The number of aromatic nitrogens is 3. The first-order chi connectivity index (χ1) is 12.2. The largest absolute Gasteiger partial charge is 0.319 e. The van der Waals surface area contributed by atoms with E-state index < -0.39 is 0 Å². The summed E-state index contributed by atoms with van der Waals surface area (Å²) in [5.74, 6) is -0.210. The zero-order chi connectivity index (χ0) is 17.2. The third kappa shape index (κ3) is 3.25. The molecule has 0 aliphatic carbocycles. The number of fused-ring (bicyclic) bond motifs is 1. The van der Waals surface area contributed by atoms with E-state index in [2.05, 4.69) is 20.7 Å². The van der Waals surface area contributed by atoms with Crippen LogP contribution in [0.1, 0.15) is 35.1 Å². The molecule has 0 spiro atoms. The van der Waals surface area contributed by atoms with E-state index in [1.165, 1.54) is 0 Å². The highest BCUT2D eigenvalue weighted by Gasteiger charge is 2.18. The standard InChI is InChI=1S/C19H21N5O/c1-13-7-8-14-4-2-6-16(18(14)21-13)22-19(25)17-9-11-24(23-17)15-5-3-10-20-12-15/h2,4,6-9,11,15,20H,3,5,10,12H2,1H3,(H,22,25). The summed E-state index contributed by atoms with van der Waals surface area (Å²) in [6.45, 7) is 3.89. The predicted molar refractivity (Wildman–Crippen MR) is 97.8 cm³/mol. The van der Waals surface area contributed by atoms with Gasteiger partial charge in [-0.05, 0) is 44.5 Å². The van der Waals surface area contributed by atoms with Gasteiger partial charge in [0.1, 0.15) is 0 Å². The molecule has 1 amide bonds. The fourth-order valence-corrected chi connectivity index (χ4v) is 3.25. The molecule has 128 valence electrons. The number of para-hydroxylation sites is 1. The Morgan fingerprint density at radius 3 is 3.04 bits per heavy atom. The molecule has 6 heteroatoms. The van der Waals surface area contributed by atoms with Crippen LogP contribution >= 0.6 is 0 Å². The van der Waals surface area contributed by atoms with Gasteiger partial charge in [-0.2, -0.15) is 5.10 Å². The molecule has 1 aliphatic rings. The maximum absolute atomic E-state index is 12.6. The highest BCUT2D eigenvalue weighted by atomic mass is 16.2. The van der Waals surface area contributed by atoms with Gasteiger partial charge >= 0.3 is 0 Å². The lowest BCUT2D eigenvalue weighted by molar-refractivity contribution is 0.102. The number of hydrogen-bond acceptors (Lipinski definition) is 4. The van der Waals surface area contributed by atoms with Crippen LogP contribution in [0.5, 0.6) is 0 Å². The lowest BCUT2D eigenvalue weighted by Gasteiger charge is -2.22. The van der Waals surface area contributed by atoms with Crippen LogP contribution < -0.4 is 10.6 Å². The molecule has 0 bridgehead atoms. The first-order valence-electron chi connectivity index (χ1n) is 8.64. The van der Waals surface area contributed by atoms with Crippen LogP contribution in [0.2, 0.25) is 0 Å². The van der Waals surface area contributed by atoms with Crippen molar-refractivity contribution in [2.75, 3.05) is 18.4 Å². The molecule has 2 N–H and O–H groups in total. The molecule has 1 aromatic carbocycles. The minimum absolute atomic E-state index is 0.210. The predicted octanol–water partition coefficient (Wildman–Crippen LogP) is 2.92. The second kappa shape index (κ2) is 6.64. The number of nitrogens with one attached hydrogen (secondary N) is 2. The third-order valence-corrected chi connectivity index (χ3v) is 4.59. The minimum Gasteiger partial charge on any atom is -0.319 e. The molecule has 4 rings (SSSR count). The number of hydrogen-bond donors (Lipinski definition) is 2. The van der Waals surface area contributed by atoms with Crippen molar-refractivity contribution in [3.63, 3.8) is 0 Å². The van der Waals surface area contributed by atoms with Gasteiger partial charge < -0.3 is 10.6 Å². The number of rotatable bonds is 3. The maximum Gasteiger partial charge on any atom is 0.276 e. The Morgan fingerprint density at radius 2 is 2.20 bits per heavy atom. The Morgan fingerprint density at radius 1 is 1.28 bits per heavy atom. The molecule has 0 radical (unpaired) electrons. The first kappa shape index (κ1) is 15.8. The molecule has 6 nitrogen and oxygen atoms in total. The van der Waals surface area contributed by atoms with E-state index in [9.17, 15) is 4.79 Å². The van der Waals surface area contributed by atoms with Crippen LogP contribution in [0, 0.1) is 6.92 Å². The first-order valence-corrected chi connectivity index (χ1v) is 8.64. The van der Waals surface area contributed by atoms with Crippen molar-refractivity contribution in [1.82, 2.24) is 20.1 Å². The van der Waals surface area contributed by atoms with Crippen molar-refractivity contribution >= 4 is 22.5 Å². The van der Waals surface area contributed by atoms with Crippen LogP contribution in [0.3, 0.4) is 0 Å². The van der Waals surface area contributed by atoms with Crippen LogP contribution in [0.4, 0.5) is 5.69 Å². The average molecular weight is 335 g/mol. The number of pyridine rings is 1. The highest BCUT2D eigenvalue weighted by Crippen LogP contribution is 2.22. The quantitative estimate of drug-likeness (QED) is 0.772. The minimum atomic E-state index is -0.210. The summed E-state index contributed by atoms with van der Waals surface area (Å²) in [6.07, 6.45) is 4.10. The number of amides is 1. The van der Waals surface area contributed by atoms with Gasteiger partial charge in [0.15, 0.2) is 5.69 Å². The molecule has 1 fully saturated rings. The van der Waals surface area contributed by atoms with Gasteiger partial charge in [0, 0.05) is 23.8 Å². The summed E-state index contributed by atoms with van der Waals surface area (Å²) in [5, 5.41) is 11.8. The van der Waals surface area contributed by atoms with Gasteiger partial charge in [0.05, 0.1) is 17.2 Å². The summed E-state index contributed by atoms with van der Waals surface area (Å²) < 4.78 is 1.90. The van der Waals surface area contributed by atoms with Crippen molar-refractivity contribution in [1.29, 1.82) is 0 Å².